The maximum Gasteiger partial charge on any atom is 0.180 e. The van der Waals surface area contributed by atoms with Crippen LogP contribution in [0.4, 0.5) is 0 Å². The Bertz CT molecular complexity index is 560. The zero-order valence-electron chi connectivity index (χ0n) is 9.76. The lowest BCUT2D eigenvalue weighted by atomic mass is 10.0. The van der Waals surface area contributed by atoms with Gasteiger partial charge in [0.2, 0.25) is 0 Å². The predicted molar refractivity (Wildman–Crippen MR) is 63.6 cm³/mol. The van der Waals surface area contributed by atoms with E-state index in [2.05, 4.69) is 0 Å². The smallest absolute Gasteiger partial charge is 0.180 e. The molecule has 0 aromatic heterocycles. The van der Waals surface area contributed by atoms with Crippen LogP contribution in [0.25, 0.3) is 0 Å². The van der Waals surface area contributed by atoms with Crippen LogP contribution in [0.5, 0.6) is 0 Å². The van der Waals surface area contributed by atoms with Gasteiger partial charge in [-0.2, -0.15) is 0 Å². The SMILES string of the molecule is CC(C(=O)c1ccc2c(c1)COC2)S(C)(=O)=O. The number of ether oxygens (including phenoxy) is 1. The first kappa shape index (κ1) is 12.3. The Hall–Kier alpha value is -1.20. The van der Waals surface area contributed by atoms with Gasteiger partial charge in [0.15, 0.2) is 15.6 Å². The summed E-state index contributed by atoms with van der Waals surface area (Å²) in [5.41, 5.74) is 2.47. The molecule has 0 radical (unpaired) electrons. The van der Waals surface area contributed by atoms with Gasteiger partial charge in [-0.15, -0.1) is 0 Å². The summed E-state index contributed by atoms with van der Waals surface area (Å²) in [6, 6.07) is 5.22. The van der Waals surface area contributed by atoms with Crippen molar-refractivity contribution in [1.82, 2.24) is 0 Å². The lowest BCUT2D eigenvalue weighted by molar-refractivity contribution is 0.0991. The number of hydrogen-bond donors (Lipinski definition) is 0. The van der Waals surface area contributed by atoms with E-state index >= 15 is 0 Å². The van der Waals surface area contributed by atoms with Crippen molar-refractivity contribution in [3.05, 3.63) is 34.9 Å². The molecule has 0 saturated heterocycles. The second-order valence-electron chi connectivity index (χ2n) is 4.31. The largest absolute Gasteiger partial charge is 0.372 e. The number of sulfone groups is 1. The molecule has 0 amide bonds. The van der Waals surface area contributed by atoms with Crippen LogP contribution in [0.1, 0.15) is 28.4 Å². The van der Waals surface area contributed by atoms with Crippen LogP contribution in [-0.2, 0) is 27.8 Å². The molecule has 5 heteroatoms. The Kier molecular flexibility index (Phi) is 3.05. The molecule has 1 aromatic carbocycles. The molecule has 2 rings (SSSR count). The summed E-state index contributed by atoms with van der Waals surface area (Å²) in [6.45, 7) is 2.47. The lowest BCUT2D eigenvalue weighted by Gasteiger charge is -2.09. The molecule has 1 heterocycles. The van der Waals surface area contributed by atoms with Crippen LogP contribution in [0.3, 0.4) is 0 Å². The van der Waals surface area contributed by atoms with Gasteiger partial charge in [0, 0.05) is 11.8 Å². The Labute approximate surface area is 101 Å². The molecule has 0 bridgehead atoms. The quantitative estimate of drug-likeness (QED) is 0.763. The zero-order chi connectivity index (χ0) is 12.6. The van der Waals surface area contributed by atoms with E-state index < -0.39 is 15.1 Å². The number of rotatable bonds is 3. The summed E-state index contributed by atoms with van der Waals surface area (Å²) in [4.78, 5) is 12.0. The number of hydrogen-bond acceptors (Lipinski definition) is 4. The van der Waals surface area contributed by atoms with Gasteiger partial charge in [0.05, 0.1) is 13.2 Å². The number of carbonyl (C=O) groups is 1. The van der Waals surface area contributed by atoms with Gasteiger partial charge >= 0.3 is 0 Å². The Morgan fingerprint density at radius 2 is 1.94 bits per heavy atom. The molecule has 92 valence electrons. The fraction of sp³-hybridized carbons (Fsp3) is 0.417. The summed E-state index contributed by atoms with van der Waals surface area (Å²) in [7, 11) is -3.35. The molecule has 1 aliphatic heterocycles. The van der Waals surface area contributed by atoms with E-state index in [1.165, 1.54) is 6.92 Å². The van der Waals surface area contributed by atoms with Crippen molar-refractivity contribution >= 4 is 15.6 Å². The highest BCUT2D eigenvalue weighted by Crippen LogP contribution is 2.22. The molecular formula is C12H14O4S. The van der Waals surface area contributed by atoms with E-state index in [9.17, 15) is 13.2 Å². The van der Waals surface area contributed by atoms with Crippen molar-refractivity contribution in [1.29, 1.82) is 0 Å². The molecule has 1 atom stereocenters. The summed E-state index contributed by atoms with van der Waals surface area (Å²) in [6.07, 6.45) is 1.08. The van der Waals surface area contributed by atoms with Crippen molar-refractivity contribution in [2.45, 2.75) is 25.4 Å². The maximum atomic E-state index is 12.0. The van der Waals surface area contributed by atoms with Crippen LogP contribution >= 0.6 is 0 Å². The van der Waals surface area contributed by atoms with Crippen LogP contribution in [0, 0.1) is 0 Å². The first-order valence-electron chi connectivity index (χ1n) is 5.32. The minimum absolute atomic E-state index is 0.359. The van der Waals surface area contributed by atoms with Crippen molar-refractivity contribution < 1.29 is 17.9 Å². The molecule has 0 spiro atoms. The molecule has 0 saturated carbocycles. The Morgan fingerprint density at radius 1 is 1.29 bits per heavy atom. The van der Waals surface area contributed by atoms with Crippen molar-refractivity contribution in [2.24, 2.45) is 0 Å². The molecule has 4 nitrogen and oxygen atoms in total. The van der Waals surface area contributed by atoms with E-state index in [1.54, 1.807) is 12.1 Å². The molecule has 1 unspecified atom stereocenters. The van der Waals surface area contributed by atoms with Crippen LogP contribution in [-0.4, -0.2) is 25.7 Å². The van der Waals surface area contributed by atoms with Crippen LogP contribution in [0.2, 0.25) is 0 Å². The number of ketones is 1. The van der Waals surface area contributed by atoms with Crippen LogP contribution < -0.4 is 0 Å². The number of Topliss-reactive ketones (excluding diaryl/α,β-unsaturated/α-hetero) is 1. The highest BCUT2D eigenvalue weighted by Gasteiger charge is 2.25. The van der Waals surface area contributed by atoms with E-state index in [-0.39, 0.29) is 5.78 Å². The lowest BCUT2D eigenvalue weighted by Crippen LogP contribution is -2.26. The van der Waals surface area contributed by atoms with Gasteiger partial charge in [-0.05, 0) is 24.1 Å². The molecule has 0 aliphatic carbocycles. The highest BCUT2D eigenvalue weighted by atomic mass is 32.2. The Morgan fingerprint density at radius 3 is 2.59 bits per heavy atom. The third-order valence-corrected chi connectivity index (χ3v) is 4.52. The topological polar surface area (TPSA) is 60.4 Å². The average Bonchev–Trinajstić information content (AvgIpc) is 2.72. The van der Waals surface area contributed by atoms with Crippen LogP contribution in [0.15, 0.2) is 18.2 Å². The second-order valence-corrected chi connectivity index (χ2v) is 6.68. The molecule has 1 aromatic rings. The van der Waals surface area contributed by atoms with E-state index in [4.69, 9.17) is 4.74 Å². The minimum atomic E-state index is -3.35. The average molecular weight is 254 g/mol. The number of benzene rings is 1. The van der Waals surface area contributed by atoms with E-state index in [1.807, 2.05) is 6.07 Å². The number of fused-ring (bicyclic) bond motifs is 1. The first-order valence-corrected chi connectivity index (χ1v) is 7.27. The zero-order valence-corrected chi connectivity index (χ0v) is 10.6. The van der Waals surface area contributed by atoms with Gasteiger partial charge < -0.3 is 4.74 Å². The third kappa shape index (κ3) is 2.40. The van der Waals surface area contributed by atoms with E-state index in [0.717, 1.165) is 17.4 Å². The molecular weight excluding hydrogens is 240 g/mol. The van der Waals surface area contributed by atoms with Gasteiger partial charge in [-0.1, -0.05) is 12.1 Å². The maximum absolute atomic E-state index is 12.0. The Balaban J connectivity index is 2.32. The van der Waals surface area contributed by atoms with Gasteiger partial charge in [0.25, 0.3) is 0 Å². The predicted octanol–water partition coefficient (Wildman–Crippen LogP) is 1.33. The van der Waals surface area contributed by atoms with Gasteiger partial charge in [-0.25, -0.2) is 8.42 Å². The molecule has 0 fully saturated rings. The normalized spacial score (nSPS) is 16.6. The summed E-state index contributed by atoms with van der Waals surface area (Å²) in [5, 5.41) is -0.997. The highest BCUT2D eigenvalue weighted by molar-refractivity contribution is 7.92. The molecule has 1 aliphatic rings. The fourth-order valence-electron chi connectivity index (χ4n) is 1.75. The minimum Gasteiger partial charge on any atom is -0.372 e. The standard InChI is InChI=1S/C12H14O4S/c1-8(17(2,14)15)12(13)9-3-4-10-6-16-7-11(10)5-9/h3-5,8H,6-7H2,1-2H3. The first-order chi connectivity index (χ1) is 7.89. The van der Waals surface area contributed by atoms with Gasteiger partial charge in [-0.3, -0.25) is 4.79 Å². The summed E-state index contributed by atoms with van der Waals surface area (Å²) < 4.78 is 27.9. The van der Waals surface area contributed by atoms with Crippen molar-refractivity contribution in [2.75, 3.05) is 6.26 Å². The van der Waals surface area contributed by atoms with Gasteiger partial charge in [0.1, 0.15) is 5.25 Å². The monoisotopic (exact) mass is 254 g/mol. The van der Waals surface area contributed by atoms with E-state index in [0.29, 0.717) is 18.8 Å². The molecule has 0 N–H and O–H groups in total. The third-order valence-electron chi connectivity index (χ3n) is 3.02. The molecule has 17 heavy (non-hydrogen) atoms. The number of carbonyl (C=O) groups excluding carboxylic acids is 1. The second kappa shape index (κ2) is 4.23. The summed E-state index contributed by atoms with van der Waals surface area (Å²) >= 11 is 0. The van der Waals surface area contributed by atoms with Crippen molar-refractivity contribution in [3.63, 3.8) is 0 Å². The summed E-state index contributed by atoms with van der Waals surface area (Å²) in [5.74, 6) is -0.359. The fourth-order valence-corrected chi connectivity index (χ4v) is 2.28. The van der Waals surface area contributed by atoms with Crippen molar-refractivity contribution in [3.8, 4) is 0 Å².